The second-order valence-electron chi connectivity index (χ2n) is 7.09. The van der Waals surface area contributed by atoms with E-state index in [0.29, 0.717) is 11.5 Å². The zero-order valence-electron chi connectivity index (χ0n) is 14.6. The van der Waals surface area contributed by atoms with E-state index in [9.17, 15) is 4.79 Å². The Morgan fingerprint density at radius 2 is 2.12 bits per heavy atom. The summed E-state index contributed by atoms with van der Waals surface area (Å²) in [5.41, 5.74) is 1.17. The highest BCUT2D eigenvalue weighted by molar-refractivity contribution is 7.10. The van der Waals surface area contributed by atoms with Crippen LogP contribution in [-0.2, 0) is 10.2 Å². The molecule has 1 aromatic heterocycles. The van der Waals surface area contributed by atoms with E-state index in [2.05, 4.69) is 58.3 Å². The topological polar surface area (TPSA) is 76.1 Å². The maximum Gasteiger partial charge on any atom is 0.319 e. The molecule has 2 N–H and O–H groups in total. The third-order valence-electron chi connectivity index (χ3n) is 4.71. The molecule has 7 heteroatoms. The molecule has 1 aliphatic heterocycles. The summed E-state index contributed by atoms with van der Waals surface area (Å²) in [5.74, 6) is 0. The summed E-state index contributed by atoms with van der Waals surface area (Å²) in [6, 6.07) is 10.3. The van der Waals surface area contributed by atoms with Crippen LogP contribution < -0.4 is 10.6 Å². The van der Waals surface area contributed by atoms with Crippen molar-refractivity contribution in [1.29, 1.82) is 0 Å². The second kappa shape index (κ2) is 7.49. The number of carbonyl (C=O) groups is 1. The maximum atomic E-state index is 12.0. The van der Waals surface area contributed by atoms with E-state index in [1.54, 1.807) is 0 Å². The fraction of sp³-hybridized carbons (Fsp3) is 0.500. The average molecular weight is 360 g/mol. The summed E-state index contributed by atoms with van der Waals surface area (Å²) in [6.07, 6.45) is 4.31. The standard InChI is InChI=1S/C18H24N4O2S/c1-17(2)13-18(9-11-24-17,14-6-4-3-5-7-14)8-10-19-16(23)21-15-12-20-22-25-15/h3-7,12H,8-11,13H2,1-2H3,(H2,19,21,23). The zero-order chi connectivity index (χ0) is 17.8. The van der Waals surface area contributed by atoms with Crippen molar-refractivity contribution in [2.45, 2.75) is 44.1 Å². The van der Waals surface area contributed by atoms with Crippen molar-refractivity contribution < 1.29 is 9.53 Å². The van der Waals surface area contributed by atoms with Gasteiger partial charge in [-0.1, -0.05) is 34.8 Å². The number of hydrogen-bond acceptors (Lipinski definition) is 5. The van der Waals surface area contributed by atoms with Crippen LogP contribution in [0.3, 0.4) is 0 Å². The van der Waals surface area contributed by atoms with Crippen molar-refractivity contribution >= 4 is 22.6 Å². The molecule has 0 bridgehead atoms. The van der Waals surface area contributed by atoms with Crippen LogP contribution in [0.5, 0.6) is 0 Å². The zero-order valence-corrected chi connectivity index (χ0v) is 15.4. The lowest BCUT2D eigenvalue weighted by molar-refractivity contribution is -0.0838. The minimum atomic E-state index is -0.222. The number of anilines is 1. The molecule has 0 radical (unpaired) electrons. The largest absolute Gasteiger partial charge is 0.376 e. The number of urea groups is 1. The van der Waals surface area contributed by atoms with E-state index in [0.717, 1.165) is 37.4 Å². The number of nitrogens with one attached hydrogen (secondary N) is 2. The first kappa shape index (κ1) is 17.8. The first-order valence-corrected chi connectivity index (χ1v) is 9.28. The number of carbonyl (C=O) groups excluding carboxylic acids is 1. The van der Waals surface area contributed by atoms with Gasteiger partial charge in [-0.2, -0.15) is 0 Å². The number of nitrogens with zero attached hydrogens (tertiary/aromatic N) is 2. The molecule has 0 spiro atoms. The van der Waals surface area contributed by atoms with Gasteiger partial charge in [0.05, 0.1) is 11.8 Å². The number of rotatable bonds is 5. The highest BCUT2D eigenvalue weighted by Gasteiger charge is 2.41. The van der Waals surface area contributed by atoms with Crippen molar-refractivity contribution in [3.05, 3.63) is 42.1 Å². The van der Waals surface area contributed by atoms with Crippen molar-refractivity contribution in [3.8, 4) is 0 Å². The van der Waals surface area contributed by atoms with Crippen LogP contribution in [0.25, 0.3) is 0 Å². The Kier molecular flexibility index (Phi) is 5.34. The fourth-order valence-electron chi connectivity index (χ4n) is 3.67. The molecule has 1 saturated heterocycles. The minimum Gasteiger partial charge on any atom is -0.376 e. The molecule has 1 fully saturated rings. The molecule has 1 atom stereocenters. The van der Waals surface area contributed by atoms with E-state index in [4.69, 9.17) is 4.74 Å². The van der Waals surface area contributed by atoms with Crippen LogP contribution in [0.2, 0.25) is 0 Å². The van der Waals surface area contributed by atoms with Gasteiger partial charge in [-0.15, -0.1) is 5.10 Å². The molecule has 1 aliphatic rings. The van der Waals surface area contributed by atoms with E-state index in [1.807, 2.05) is 6.07 Å². The molecular formula is C18H24N4O2S. The summed E-state index contributed by atoms with van der Waals surface area (Å²) >= 11 is 1.16. The third-order valence-corrected chi connectivity index (χ3v) is 5.29. The number of aromatic nitrogens is 2. The van der Waals surface area contributed by atoms with Gasteiger partial charge in [-0.25, -0.2) is 4.79 Å². The summed E-state index contributed by atoms with van der Waals surface area (Å²) < 4.78 is 9.66. The average Bonchev–Trinajstić information content (AvgIpc) is 3.07. The number of hydrogen-bond donors (Lipinski definition) is 2. The van der Waals surface area contributed by atoms with Crippen molar-refractivity contribution in [2.75, 3.05) is 18.5 Å². The lowest BCUT2D eigenvalue weighted by Crippen LogP contribution is -2.46. The van der Waals surface area contributed by atoms with Gasteiger partial charge in [0.2, 0.25) is 0 Å². The second-order valence-corrected chi connectivity index (χ2v) is 7.88. The first-order chi connectivity index (χ1) is 12.0. The van der Waals surface area contributed by atoms with E-state index in [1.165, 1.54) is 11.8 Å². The molecule has 3 rings (SSSR count). The molecule has 0 saturated carbocycles. The molecule has 1 aromatic carbocycles. The number of amides is 2. The molecule has 25 heavy (non-hydrogen) atoms. The van der Waals surface area contributed by atoms with Crippen LogP contribution in [0.1, 0.15) is 38.7 Å². The monoisotopic (exact) mass is 360 g/mol. The van der Waals surface area contributed by atoms with Gasteiger partial charge in [0.1, 0.15) is 5.00 Å². The molecule has 134 valence electrons. The molecule has 0 aliphatic carbocycles. The molecule has 2 amide bonds. The van der Waals surface area contributed by atoms with Gasteiger partial charge >= 0.3 is 6.03 Å². The predicted molar refractivity (Wildman–Crippen MR) is 98.9 cm³/mol. The normalized spacial score (nSPS) is 22.3. The Bertz CT molecular complexity index is 690. The van der Waals surface area contributed by atoms with Gasteiger partial charge in [-0.3, -0.25) is 5.32 Å². The highest BCUT2D eigenvalue weighted by atomic mass is 32.1. The Balaban J connectivity index is 1.65. The lowest BCUT2D eigenvalue weighted by atomic mass is 9.67. The van der Waals surface area contributed by atoms with Crippen molar-refractivity contribution in [1.82, 2.24) is 14.9 Å². The van der Waals surface area contributed by atoms with Gasteiger partial charge in [0, 0.05) is 30.1 Å². The minimum absolute atomic E-state index is 0.0162. The quantitative estimate of drug-likeness (QED) is 0.854. The Hall–Kier alpha value is -1.99. The van der Waals surface area contributed by atoms with Crippen LogP contribution in [0.15, 0.2) is 36.5 Å². The third kappa shape index (κ3) is 4.55. The SMILES string of the molecule is CC1(C)CC(CCNC(=O)Nc2cnns2)(c2ccccc2)CCO1. The van der Waals surface area contributed by atoms with Crippen LogP contribution in [0.4, 0.5) is 9.80 Å². The van der Waals surface area contributed by atoms with Crippen molar-refractivity contribution in [2.24, 2.45) is 0 Å². The Morgan fingerprint density at radius 3 is 2.80 bits per heavy atom. The summed E-state index contributed by atoms with van der Waals surface area (Å²) in [5, 5.41) is 10.0. The van der Waals surface area contributed by atoms with Gasteiger partial charge in [-0.05, 0) is 38.7 Å². The Labute approximate surface area is 152 Å². The predicted octanol–water partition coefficient (Wildman–Crippen LogP) is 3.58. The molecule has 1 unspecified atom stereocenters. The van der Waals surface area contributed by atoms with Crippen LogP contribution in [-0.4, -0.2) is 34.4 Å². The number of benzene rings is 1. The van der Waals surface area contributed by atoms with Gasteiger partial charge in [0.15, 0.2) is 0 Å². The molecule has 6 nitrogen and oxygen atoms in total. The lowest BCUT2D eigenvalue weighted by Gasteiger charge is -2.45. The first-order valence-electron chi connectivity index (χ1n) is 8.51. The summed E-state index contributed by atoms with van der Waals surface area (Å²) in [7, 11) is 0. The molecule has 2 heterocycles. The summed E-state index contributed by atoms with van der Waals surface area (Å²) in [6.45, 7) is 5.62. The fourth-order valence-corrected chi connectivity index (χ4v) is 4.08. The summed E-state index contributed by atoms with van der Waals surface area (Å²) in [4.78, 5) is 12.0. The van der Waals surface area contributed by atoms with Gasteiger partial charge in [0.25, 0.3) is 0 Å². The van der Waals surface area contributed by atoms with Crippen LogP contribution in [0, 0.1) is 0 Å². The van der Waals surface area contributed by atoms with E-state index in [-0.39, 0.29) is 17.0 Å². The number of ether oxygens (including phenoxy) is 1. The molecule has 2 aromatic rings. The van der Waals surface area contributed by atoms with Gasteiger partial charge < -0.3 is 10.1 Å². The smallest absolute Gasteiger partial charge is 0.319 e. The van der Waals surface area contributed by atoms with Crippen LogP contribution >= 0.6 is 11.5 Å². The highest BCUT2D eigenvalue weighted by Crippen LogP contribution is 2.43. The van der Waals surface area contributed by atoms with Crippen molar-refractivity contribution in [3.63, 3.8) is 0 Å². The molecular weight excluding hydrogens is 336 g/mol. The Morgan fingerprint density at radius 1 is 1.32 bits per heavy atom. The van der Waals surface area contributed by atoms with E-state index >= 15 is 0 Å². The maximum absolute atomic E-state index is 12.0. The van der Waals surface area contributed by atoms with E-state index < -0.39 is 0 Å².